The highest BCUT2D eigenvalue weighted by atomic mass is 14.9. The van der Waals surface area contributed by atoms with Crippen LogP contribution >= 0.6 is 0 Å². The summed E-state index contributed by atoms with van der Waals surface area (Å²) in [6.45, 7) is 4.88. The first kappa shape index (κ1) is 12.4. The highest BCUT2D eigenvalue weighted by Crippen LogP contribution is 2.17. The Bertz CT molecular complexity index is 333. The minimum atomic E-state index is 0.774. The van der Waals surface area contributed by atoms with Crippen LogP contribution in [0.4, 0.5) is 0 Å². The van der Waals surface area contributed by atoms with Crippen molar-refractivity contribution in [3.8, 4) is 0 Å². The zero-order valence-electron chi connectivity index (χ0n) is 10.6. The highest BCUT2D eigenvalue weighted by Gasteiger charge is 2.11. The number of rotatable bonds is 5. The molecule has 1 heteroatoms. The predicted molar refractivity (Wildman–Crippen MR) is 75.1 cm³/mol. The average molecular weight is 229 g/mol. The molecule has 0 bridgehead atoms. The van der Waals surface area contributed by atoms with Crippen LogP contribution in [0.25, 0.3) is 6.08 Å². The van der Waals surface area contributed by atoms with E-state index in [9.17, 15) is 0 Å². The molecule has 0 saturated heterocycles. The van der Waals surface area contributed by atoms with E-state index in [2.05, 4.69) is 36.2 Å². The van der Waals surface area contributed by atoms with Crippen LogP contribution in [0.3, 0.4) is 0 Å². The number of hydrogen-bond donors (Lipinski definition) is 1. The van der Waals surface area contributed by atoms with Gasteiger partial charge in [0.05, 0.1) is 0 Å². The number of hydrogen-bond acceptors (Lipinski definition) is 1. The molecule has 0 atom stereocenters. The van der Waals surface area contributed by atoms with E-state index >= 15 is 0 Å². The monoisotopic (exact) mass is 229 g/mol. The lowest BCUT2D eigenvalue weighted by molar-refractivity contribution is 0.375. The van der Waals surface area contributed by atoms with Crippen molar-refractivity contribution < 1.29 is 0 Å². The Kier molecular flexibility index (Phi) is 4.81. The van der Waals surface area contributed by atoms with Gasteiger partial charge in [-0.3, -0.25) is 0 Å². The van der Waals surface area contributed by atoms with Crippen molar-refractivity contribution in [1.29, 1.82) is 0 Å². The number of nitrogens with one attached hydrogen (secondary N) is 1. The van der Waals surface area contributed by atoms with Crippen molar-refractivity contribution in [3.63, 3.8) is 0 Å². The smallest absolute Gasteiger partial charge is 0.00671 e. The first-order valence-corrected chi connectivity index (χ1v) is 6.83. The van der Waals surface area contributed by atoms with Crippen LogP contribution in [0, 0.1) is 0 Å². The topological polar surface area (TPSA) is 12.0 Å². The fraction of sp³-hybridized carbons (Fsp3) is 0.500. The van der Waals surface area contributed by atoms with Crippen molar-refractivity contribution in [2.45, 2.75) is 44.6 Å². The lowest BCUT2D eigenvalue weighted by Gasteiger charge is -2.22. The van der Waals surface area contributed by atoms with Crippen molar-refractivity contribution in [3.05, 3.63) is 42.0 Å². The van der Waals surface area contributed by atoms with Crippen molar-refractivity contribution in [1.82, 2.24) is 5.32 Å². The SMILES string of the molecule is C=Cc1ccc(CCNC2CCCCC2)cc1. The molecule has 1 nitrogen and oxygen atoms in total. The summed E-state index contributed by atoms with van der Waals surface area (Å²) in [5, 5.41) is 3.68. The third kappa shape index (κ3) is 4.01. The second kappa shape index (κ2) is 6.61. The van der Waals surface area contributed by atoms with Crippen molar-refractivity contribution in [2.24, 2.45) is 0 Å². The van der Waals surface area contributed by atoms with E-state index in [-0.39, 0.29) is 0 Å². The van der Waals surface area contributed by atoms with Crippen LogP contribution in [0.15, 0.2) is 30.8 Å². The van der Waals surface area contributed by atoms with Gasteiger partial charge in [-0.2, -0.15) is 0 Å². The highest BCUT2D eigenvalue weighted by molar-refractivity contribution is 5.47. The Balaban J connectivity index is 1.71. The second-order valence-corrected chi connectivity index (χ2v) is 4.98. The maximum atomic E-state index is 3.77. The zero-order chi connectivity index (χ0) is 11.9. The van der Waals surface area contributed by atoms with Gasteiger partial charge in [-0.15, -0.1) is 0 Å². The molecule has 0 amide bonds. The Morgan fingerprint density at radius 1 is 1.12 bits per heavy atom. The number of benzene rings is 1. The Labute approximate surface area is 105 Å². The van der Waals surface area contributed by atoms with Crippen molar-refractivity contribution in [2.75, 3.05) is 6.54 Å². The molecule has 1 aromatic carbocycles. The van der Waals surface area contributed by atoms with Gasteiger partial charge in [-0.05, 0) is 36.9 Å². The fourth-order valence-corrected chi connectivity index (χ4v) is 2.55. The van der Waals surface area contributed by atoms with Crippen LogP contribution in [0.1, 0.15) is 43.2 Å². The van der Waals surface area contributed by atoms with Gasteiger partial charge < -0.3 is 5.32 Å². The Morgan fingerprint density at radius 3 is 2.47 bits per heavy atom. The molecule has 1 aliphatic carbocycles. The third-order valence-corrected chi connectivity index (χ3v) is 3.67. The van der Waals surface area contributed by atoms with Gasteiger partial charge in [0, 0.05) is 6.04 Å². The van der Waals surface area contributed by atoms with E-state index in [1.165, 1.54) is 43.2 Å². The maximum absolute atomic E-state index is 3.77. The second-order valence-electron chi connectivity index (χ2n) is 4.98. The van der Waals surface area contributed by atoms with E-state index in [1.54, 1.807) is 0 Å². The minimum absolute atomic E-state index is 0.774. The molecule has 0 aromatic heterocycles. The summed E-state index contributed by atoms with van der Waals surface area (Å²) in [7, 11) is 0. The van der Waals surface area contributed by atoms with Gasteiger partial charge in [-0.1, -0.05) is 56.2 Å². The largest absolute Gasteiger partial charge is 0.314 e. The van der Waals surface area contributed by atoms with E-state index in [4.69, 9.17) is 0 Å². The minimum Gasteiger partial charge on any atom is -0.314 e. The molecule has 1 saturated carbocycles. The summed E-state index contributed by atoms with van der Waals surface area (Å²) in [6.07, 6.45) is 10.0. The first-order valence-electron chi connectivity index (χ1n) is 6.83. The summed E-state index contributed by atoms with van der Waals surface area (Å²) >= 11 is 0. The van der Waals surface area contributed by atoms with Crippen LogP contribution in [-0.4, -0.2) is 12.6 Å². The van der Waals surface area contributed by atoms with Crippen LogP contribution < -0.4 is 5.32 Å². The van der Waals surface area contributed by atoms with E-state index in [0.29, 0.717) is 0 Å². The summed E-state index contributed by atoms with van der Waals surface area (Å²) in [5.41, 5.74) is 2.62. The average Bonchev–Trinajstić information content (AvgIpc) is 2.41. The molecule has 1 N–H and O–H groups in total. The van der Waals surface area contributed by atoms with Gasteiger partial charge in [0.2, 0.25) is 0 Å². The van der Waals surface area contributed by atoms with Gasteiger partial charge in [0.1, 0.15) is 0 Å². The molecule has 0 aliphatic heterocycles. The van der Waals surface area contributed by atoms with Gasteiger partial charge in [-0.25, -0.2) is 0 Å². The molecule has 2 rings (SSSR count). The molecular weight excluding hydrogens is 206 g/mol. The zero-order valence-corrected chi connectivity index (χ0v) is 10.6. The maximum Gasteiger partial charge on any atom is 0.00671 e. The van der Waals surface area contributed by atoms with E-state index < -0.39 is 0 Å². The molecular formula is C16H23N. The quantitative estimate of drug-likeness (QED) is 0.810. The normalized spacial score (nSPS) is 16.9. The molecule has 0 radical (unpaired) electrons. The third-order valence-electron chi connectivity index (χ3n) is 3.67. The molecule has 1 aliphatic rings. The fourth-order valence-electron chi connectivity index (χ4n) is 2.55. The lowest BCUT2D eigenvalue weighted by Crippen LogP contribution is -2.32. The van der Waals surface area contributed by atoms with Crippen molar-refractivity contribution >= 4 is 6.08 Å². The standard InChI is InChI=1S/C16H23N/c1-2-14-8-10-15(11-9-14)12-13-17-16-6-4-3-5-7-16/h2,8-11,16-17H,1,3-7,12-13H2. The Morgan fingerprint density at radius 2 is 1.82 bits per heavy atom. The van der Waals surface area contributed by atoms with Crippen LogP contribution in [-0.2, 0) is 6.42 Å². The summed E-state index contributed by atoms with van der Waals surface area (Å²) in [5.74, 6) is 0. The van der Waals surface area contributed by atoms with Crippen LogP contribution in [0.2, 0.25) is 0 Å². The molecule has 0 spiro atoms. The first-order chi connectivity index (χ1) is 8.38. The lowest BCUT2D eigenvalue weighted by atomic mass is 9.95. The van der Waals surface area contributed by atoms with Gasteiger partial charge in [0.25, 0.3) is 0 Å². The molecule has 0 unspecified atom stereocenters. The molecule has 0 heterocycles. The summed E-state index contributed by atoms with van der Waals surface area (Å²) in [6, 6.07) is 9.47. The van der Waals surface area contributed by atoms with Gasteiger partial charge in [0.15, 0.2) is 0 Å². The van der Waals surface area contributed by atoms with Crippen LogP contribution in [0.5, 0.6) is 0 Å². The van der Waals surface area contributed by atoms with E-state index in [1.807, 2.05) is 6.08 Å². The molecule has 1 aromatic rings. The Hall–Kier alpha value is -1.08. The molecule has 17 heavy (non-hydrogen) atoms. The predicted octanol–water partition coefficient (Wildman–Crippen LogP) is 3.79. The molecule has 92 valence electrons. The summed E-state index contributed by atoms with van der Waals surface area (Å²) in [4.78, 5) is 0. The summed E-state index contributed by atoms with van der Waals surface area (Å²) < 4.78 is 0. The van der Waals surface area contributed by atoms with E-state index in [0.717, 1.165) is 19.0 Å². The van der Waals surface area contributed by atoms with Gasteiger partial charge >= 0.3 is 0 Å². The molecule has 1 fully saturated rings.